The lowest BCUT2D eigenvalue weighted by atomic mass is 9.88. The molecule has 1 aliphatic carbocycles. The highest BCUT2D eigenvalue weighted by Gasteiger charge is 2.36. The molecular weight excluding hydrogens is 358 g/mol. The van der Waals surface area contributed by atoms with E-state index in [-0.39, 0.29) is 17.9 Å². The van der Waals surface area contributed by atoms with Gasteiger partial charge in [-0.05, 0) is 31.4 Å². The van der Waals surface area contributed by atoms with Crippen LogP contribution in [0.4, 0.5) is 0 Å². The number of aliphatic carboxylic acids is 1. The first-order valence-electron chi connectivity index (χ1n) is 9.56. The molecule has 0 spiro atoms. The van der Waals surface area contributed by atoms with Crippen molar-refractivity contribution in [3.63, 3.8) is 0 Å². The minimum absolute atomic E-state index is 0.0276. The summed E-state index contributed by atoms with van der Waals surface area (Å²) in [5, 5.41) is 12.5. The molecule has 8 nitrogen and oxygen atoms in total. The van der Waals surface area contributed by atoms with Gasteiger partial charge in [0.25, 0.3) is 0 Å². The molecule has 1 aliphatic heterocycles. The van der Waals surface area contributed by atoms with Crippen LogP contribution in [0.1, 0.15) is 24.8 Å². The van der Waals surface area contributed by atoms with Crippen LogP contribution in [0.25, 0.3) is 11.5 Å². The number of nitrogens with zero attached hydrogens (tertiary/aromatic N) is 4. The van der Waals surface area contributed by atoms with E-state index < -0.39 is 11.9 Å². The maximum atomic E-state index is 12.5. The van der Waals surface area contributed by atoms with Crippen LogP contribution in [0.5, 0.6) is 0 Å². The SMILES string of the molecule is O=C(O)[C@H]1C[C@H](C(=O)NC2CC2)CN(Cc2cnc(-c3ccccn3)nc2)C1. The van der Waals surface area contributed by atoms with Crippen LogP contribution in [-0.2, 0) is 16.1 Å². The van der Waals surface area contributed by atoms with Crippen molar-refractivity contribution in [2.24, 2.45) is 11.8 Å². The van der Waals surface area contributed by atoms with Gasteiger partial charge < -0.3 is 10.4 Å². The standard InChI is InChI=1S/C20H23N5O3/c26-19(24-16-4-5-16)14-7-15(20(27)28)12-25(11-14)10-13-8-22-18(23-9-13)17-3-1-2-6-21-17/h1-3,6,8-9,14-16H,4-5,7,10-12H2,(H,24,26)(H,27,28)/t14-,15-/m0/s1. The van der Waals surface area contributed by atoms with E-state index in [4.69, 9.17) is 0 Å². The molecule has 0 aromatic carbocycles. The predicted octanol–water partition coefficient (Wildman–Crippen LogP) is 1.34. The molecular formula is C20H23N5O3. The highest BCUT2D eigenvalue weighted by atomic mass is 16.4. The molecule has 2 aliphatic rings. The Hall–Kier alpha value is -2.87. The highest BCUT2D eigenvalue weighted by molar-refractivity contribution is 5.81. The van der Waals surface area contributed by atoms with Crippen molar-refractivity contribution < 1.29 is 14.7 Å². The van der Waals surface area contributed by atoms with Gasteiger partial charge in [0.05, 0.1) is 11.8 Å². The van der Waals surface area contributed by atoms with Crippen molar-refractivity contribution in [2.75, 3.05) is 13.1 Å². The van der Waals surface area contributed by atoms with Crippen molar-refractivity contribution in [3.05, 3.63) is 42.4 Å². The van der Waals surface area contributed by atoms with Crippen molar-refractivity contribution in [3.8, 4) is 11.5 Å². The van der Waals surface area contributed by atoms with E-state index in [2.05, 4.69) is 20.3 Å². The molecule has 1 saturated carbocycles. The third-order valence-electron chi connectivity index (χ3n) is 5.18. The summed E-state index contributed by atoms with van der Waals surface area (Å²) in [6.45, 7) is 1.48. The number of piperidine rings is 1. The summed E-state index contributed by atoms with van der Waals surface area (Å²) in [6.07, 6.45) is 7.59. The molecule has 4 rings (SSSR count). The number of hydrogen-bond donors (Lipinski definition) is 2. The zero-order chi connectivity index (χ0) is 19.5. The van der Waals surface area contributed by atoms with Gasteiger partial charge in [-0.1, -0.05) is 6.07 Å². The van der Waals surface area contributed by atoms with E-state index in [1.807, 2.05) is 23.1 Å². The van der Waals surface area contributed by atoms with Crippen LogP contribution in [-0.4, -0.2) is 56.0 Å². The third-order valence-corrected chi connectivity index (χ3v) is 5.18. The minimum Gasteiger partial charge on any atom is -0.481 e. The molecule has 1 saturated heterocycles. The molecule has 0 bridgehead atoms. The van der Waals surface area contributed by atoms with Crippen LogP contribution in [0.15, 0.2) is 36.8 Å². The van der Waals surface area contributed by atoms with Gasteiger partial charge in [-0.3, -0.25) is 19.5 Å². The molecule has 2 fully saturated rings. The number of rotatable bonds is 6. The molecule has 2 N–H and O–H groups in total. The Morgan fingerprint density at radius 2 is 1.86 bits per heavy atom. The van der Waals surface area contributed by atoms with Gasteiger partial charge in [-0.2, -0.15) is 0 Å². The minimum atomic E-state index is -0.851. The van der Waals surface area contributed by atoms with Gasteiger partial charge in [0.15, 0.2) is 5.82 Å². The van der Waals surface area contributed by atoms with Gasteiger partial charge in [0.2, 0.25) is 5.91 Å². The van der Waals surface area contributed by atoms with Gasteiger partial charge >= 0.3 is 5.97 Å². The molecule has 8 heteroatoms. The third kappa shape index (κ3) is 4.51. The first kappa shape index (κ1) is 18.5. The number of nitrogens with one attached hydrogen (secondary N) is 1. The van der Waals surface area contributed by atoms with Crippen LogP contribution in [0.3, 0.4) is 0 Å². The highest BCUT2D eigenvalue weighted by Crippen LogP contribution is 2.26. The van der Waals surface area contributed by atoms with Crippen molar-refractivity contribution in [2.45, 2.75) is 31.8 Å². The number of carboxylic acids is 1. The van der Waals surface area contributed by atoms with E-state index in [9.17, 15) is 14.7 Å². The number of likely N-dealkylation sites (tertiary alicyclic amines) is 1. The Kier molecular flexibility index (Phi) is 5.29. The van der Waals surface area contributed by atoms with Gasteiger partial charge in [-0.25, -0.2) is 9.97 Å². The zero-order valence-electron chi connectivity index (χ0n) is 15.5. The Balaban J connectivity index is 1.43. The molecule has 28 heavy (non-hydrogen) atoms. The second kappa shape index (κ2) is 8.02. The first-order valence-corrected chi connectivity index (χ1v) is 9.56. The number of carboxylic acid groups (broad SMARTS) is 1. The van der Waals surface area contributed by atoms with Crippen LogP contribution < -0.4 is 5.32 Å². The first-order chi connectivity index (χ1) is 13.6. The van der Waals surface area contributed by atoms with E-state index in [1.165, 1.54) is 0 Å². The average Bonchev–Trinajstić information content (AvgIpc) is 3.53. The smallest absolute Gasteiger partial charge is 0.307 e. The van der Waals surface area contributed by atoms with Crippen LogP contribution >= 0.6 is 0 Å². The summed E-state index contributed by atoms with van der Waals surface area (Å²) in [7, 11) is 0. The summed E-state index contributed by atoms with van der Waals surface area (Å²) in [5.74, 6) is -1.18. The Morgan fingerprint density at radius 1 is 1.11 bits per heavy atom. The van der Waals surface area contributed by atoms with Gasteiger partial charge in [-0.15, -0.1) is 0 Å². The number of aromatic nitrogens is 3. The van der Waals surface area contributed by atoms with Crippen molar-refractivity contribution in [1.82, 2.24) is 25.2 Å². The zero-order valence-corrected chi connectivity index (χ0v) is 15.5. The van der Waals surface area contributed by atoms with Crippen LogP contribution in [0, 0.1) is 11.8 Å². The molecule has 146 valence electrons. The molecule has 2 aromatic heterocycles. The van der Waals surface area contributed by atoms with E-state index >= 15 is 0 Å². The molecule has 0 radical (unpaired) electrons. The quantitative estimate of drug-likeness (QED) is 0.777. The van der Waals surface area contributed by atoms with Crippen molar-refractivity contribution in [1.29, 1.82) is 0 Å². The lowest BCUT2D eigenvalue weighted by molar-refractivity contribution is -0.145. The summed E-state index contributed by atoms with van der Waals surface area (Å²) >= 11 is 0. The van der Waals surface area contributed by atoms with Gasteiger partial charge in [0.1, 0.15) is 5.69 Å². The number of hydrogen-bond acceptors (Lipinski definition) is 6. The van der Waals surface area contributed by atoms with Crippen molar-refractivity contribution >= 4 is 11.9 Å². The summed E-state index contributed by atoms with van der Waals surface area (Å²) in [5.41, 5.74) is 1.59. The number of pyridine rings is 1. The second-order valence-corrected chi connectivity index (χ2v) is 7.57. The maximum absolute atomic E-state index is 12.5. The number of carbonyl (C=O) groups excluding carboxylic acids is 1. The topological polar surface area (TPSA) is 108 Å². The Bertz CT molecular complexity index is 839. The molecule has 3 heterocycles. The normalized spacial score (nSPS) is 22.6. The van der Waals surface area contributed by atoms with Gasteiger partial charge in [0, 0.05) is 49.8 Å². The second-order valence-electron chi connectivity index (χ2n) is 7.57. The molecule has 1 amide bonds. The predicted molar refractivity (Wildman–Crippen MR) is 101 cm³/mol. The fourth-order valence-corrected chi connectivity index (χ4v) is 3.56. The van der Waals surface area contributed by atoms with E-state index in [1.54, 1.807) is 18.6 Å². The maximum Gasteiger partial charge on any atom is 0.307 e. The Morgan fingerprint density at radius 3 is 2.50 bits per heavy atom. The lowest BCUT2D eigenvalue weighted by Crippen LogP contribution is -2.48. The summed E-state index contributed by atoms with van der Waals surface area (Å²) in [6, 6.07) is 5.84. The Labute approximate surface area is 163 Å². The largest absolute Gasteiger partial charge is 0.481 e. The van der Waals surface area contributed by atoms with E-state index in [0.29, 0.717) is 37.6 Å². The molecule has 2 aromatic rings. The molecule has 2 atom stereocenters. The van der Waals surface area contributed by atoms with Crippen LogP contribution in [0.2, 0.25) is 0 Å². The fraction of sp³-hybridized carbons (Fsp3) is 0.450. The van der Waals surface area contributed by atoms with E-state index in [0.717, 1.165) is 18.4 Å². The molecule has 0 unspecified atom stereocenters. The summed E-state index contributed by atoms with van der Waals surface area (Å²) < 4.78 is 0. The monoisotopic (exact) mass is 381 g/mol. The lowest BCUT2D eigenvalue weighted by Gasteiger charge is -2.35. The number of carbonyl (C=O) groups is 2. The summed E-state index contributed by atoms with van der Waals surface area (Å²) in [4.78, 5) is 39.0. The number of amides is 1. The average molecular weight is 381 g/mol. The fourth-order valence-electron chi connectivity index (χ4n) is 3.56.